The number of piperazine rings is 2. The molecular formula is C20H26F2N6O. The minimum absolute atomic E-state index is 0.0897. The number of rotatable bonds is 2. The average Bonchev–Trinajstić information content (AvgIpc) is 2.75. The summed E-state index contributed by atoms with van der Waals surface area (Å²) in [5.41, 5.74) is 0. The van der Waals surface area contributed by atoms with Gasteiger partial charge in [0.1, 0.15) is 11.6 Å². The summed E-state index contributed by atoms with van der Waals surface area (Å²) in [7, 11) is 0. The first-order valence-corrected chi connectivity index (χ1v) is 9.74. The van der Waals surface area contributed by atoms with E-state index in [1.54, 1.807) is 30.0 Å². The van der Waals surface area contributed by atoms with Crippen LogP contribution in [0.3, 0.4) is 0 Å². The third-order valence-corrected chi connectivity index (χ3v) is 4.89. The van der Waals surface area contributed by atoms with Gasteiger partial charge in [-0.15, -0.1) is 0 Å². The Kier molecular flexibility index (Phi) is 7.29. The van der Waals surface area contributed by atoms with Gasteiger partial charge in [0.25, 0.3) is 0 Å². The highest BCUT2D eigenvalue weighted by Crippen LogP contribution is 2.14. The molecule has 4 heterocycles. The van der Waals surface area contributed by atoms with E-state index in [2.05, 4.69) is 20.2 Å². The second kappa shape index (κ2) is 10.1. The van der Waals surface area contributed by atoms with Crippen molar-refractivity contribution in [2.24, 2.45) is 0 Å². The van der Waals surface area contributed by atoms with E-state index in [9.17, 15) is 13.6 Å². The molecule has 1 N–H and O–H groups in total. The highest BCUT2D eigenvalue weighted by atomic mass is 19.1. The number of carbonyl (C=O) groups excluding carboxylic acids is 1. The van der Waals surface area contributed by atoms with Crippen molar-refractivity contribution in [3.8, 4) is 0 Å². The minimum Gasteiger partial charge on any atom is -0.354 e. The third kappa shape index (κ3) is 6.08. The van der Waals surface area contributed by atoms with E-state index in [-0.39, 0.29) is 5.91 Å². The zero-order valence-corrected chi connectivity index (χ0v) is 16.5. The van der Waals surface area contributed by atoms with Crippen LogP contribution in [-0.2, 0) is 4.79 Å². The van der Waals surface area contributed by atoms with Crippen LogP contribution in [0.5, 0.6) is 0 Å². The highest BCUT2D eigenvalue weighted by molar-refractivity contribution is 5.73. The molecule has 4 rings (SSSR count). The maximum atomic E-state index is 12.9. The van der Waals surface area contributed by atoms with Gasteiger partial charge in [-0.25, -0.2) is 9.97 Å². The molecular weight excluding hydrogens is 378 g/mol. The number of anilines is 2. The molecule has 2 aromatic rings. The van der Waals surface area contributed by atoms with E-state index in [0.29, 0.717) is 32.0 Å². The van der Waals surface area contributed by atoms with Crippen molar-refractivity contribution < 1.29 is 13.6 Å². The lowest BCUT2D eigenvalue weighted by Gasteiger charge is -2.34. The number of carbonyl (C=O) groups is 1. The molecule has 1 amide bonds. The lowest BCUT2D eigenvalue weighted by Crippen LogP contribution is -2.48. The third-order valence-electron chi connectivity index (χ3n) is 4.89. The van der Waals surface area contributed by atoms with Crippen molar-refractivity contribution >= 4 is 17.5 Å². The number of hydrogen-bond acceptors (Lipinski definition) is 6. The van der Waals surface area contributed by atoms with Crippen molar-refractivity contribution in [2.45, 2.75) is 6.92 Å². The van der Waals surface area contributed by atoms with Crippen molar-refractivity contribution in [1.82, 2.24) is 20.2 Å². The van der Waals surface area contributed by atoms with Gasteiger partial charge in [-0.1, -0.05) is 12.1 Å². The molecule has 0 bridgehead atoms. The quantitative estimate of drug-likeness (QED) is 0.766. The van der Waals surface area contributed by atoms with Crippen LogP contribution in [-0.4, -0.2) is 73.1 Å². The number of hydrogen-bond donors (Lipinski definition) is 1. The van der Waals surface area contributed by atoms with Crippen LogP contribution in [0.1, 0.15) is 6.92 Å². The molecule has 7 nitrogen and oxygen atoms in total. The van der Waals surface area contributed by atoms with Gasteiger partial charge in [-0.3, -0.25) is 4.79 Å². The largest absolute Gasteiger partial charge is 0.354 e. The second-order valence-corrected chi connectivity index (χ2v) is 6.87. The summed E-state index contributed by atoms with van der Waals surface area (Å²) >= 11 is 0. The monoisotopic (exact) mass is 404 g/mol. The van der Waals surface area contributed by atoms with Gasteiger partial charge < -0.3 is 20.0 Å². The molecule has 0 spiro atoms. The van der Waals surface area contributed by atoms with Gasteiger partial charge in [-0.05, 0) is 24.3 Å². The number of nitrogens with one attached hydrogen (secondary N) is 1. The summed E-state index contributed by atoms with van der Waals surface area (Å²) in [6.45, 7) is 8.01. The number of nitrogens with zero attached hydrogens (tertiary/aromatic N) is 5. The minimum atomic E-state index is -0.466. The Balaban J connectivity index is 0.000000169. The fourth-order valence-electron chi connectivity index (χ4n) is 3.29. The normalized spacial score (nSPS) is 16.9. The number of halogens is 2. The first kappa shape index (κ1) is 20.9. The highest BCUT2D eigenvalue weighted by Gasteiger charge is 2.19. The maximum Gasteiger partial charge on any atom is 0.219 e. The topological polar surface area (TPSA) is 64.6 Å². The van der Waals surface area contributed by atoms with Crippen LogP contribution >= 0.6 is 0 Å². The van der Waals surface area contributed by atoms with Gasteiger partial charge in [-0.2, -0.15) is 8.78 Å². The SMILES string of the molecule is CC(=O)N1CCN(c2cccc(F)n2)CC1.Fc1cccc(N2CCNCC2)n1. The van der Waals surface area contributed by atoms with Crippen molar-refractivity contribution in [3.63, 3.8) is 0 Å². The van der Waals surface area contributed by atoms with E-state index in [4.69, 9.17) is 0 Å². The van der Waals surface area contributed by atoms with Crippen molar-refractivity contribution in [3.05, 3.63) is 48.3 Å². The number of pyridine rings is 2. The van der Waals surface area contributed by atoms with Gasteiger partial charge >= 0.3 is 0 Å². The zero-order valence-electron chi connectivity index (χ0n) is 16.5. The smallest absolute Gasteiger partial charge is 0.219 e. The molecule has 0 aromatic carbocycles. The van der Waals surface area contributed by atoms with Crippen LogP contribution in [0.2, 0.25) is 0 Å². The maximum absolute atomic E-state index is 12.9. The van der Waals surface area contributed by atoms with Gasteiger partial charge in [0.2, 0.25) is 17.8 Å². The molecule has 2 aliphatic heterocycles. The molecule has 2 aliphatic rings. The van der Waals surface area contributed by atoms with E-state index < -0.39 is 11.9 Å². The molecule has 29 heavy (non-hydrogen) atoms. The average molecular weight is 404 g/mol. The molecule has 0 saturated carbocycles. The van der Waals surface area contributed by atoms with Crippen molar-refractivity contribution in [2.75, 3.05) is 62.2 Å². The first-order valence-electron chi connectivity index (χ1n) is 9.74. The molecule has 2 fully saturated rings. The summed E-state index contributed by atoms with van der Waals surface area (Å²) < 4.78 is 25.7. The second-order valence-electron chi connectivity index (χ2n) is 6.87. The molecule has 2 aromatic heterocycles. The van der Waals surface area contributed by atoms with Gasteiger partial charge in [0.15, 0.2) is 0 Å². The molecule has 0 aliphatic carbocycles. The van der Waals surface area contributed by atoms with Crippen LogP contribution in [0, 0.1) is 11.9 Å². The summed E-state index contributed by atoms with van der Waals surface area (Å²) in [6, 6.07) is 9.66. The standard InChI is InChI=1S/C11H14FN3O.C9H12FN3/c1-9(16)14-5-7-15(8-6-14)11-4-2-3-10(12)13-11;10-8-2-1-3-9(12-8)13-6-4-11-5-7-13/h2-4H,5-8H2,1H3;1-3,11H,4-7H2. The summed E-state index contributed by atoms with van der Waals surface area (Å²) in [4.78, 5) is 24.6. The molecule has 0 atom stereocenters. The number of aromatic nitrogens is 2. The molecule has 0 radical (unpaired) electrons. The Morgan fingerprint density at radius 3 is 1.76 bits per heavy atom. The van der Waals surface area contributed by atoms with E-state index in [0.717, 1.165) is 32.0 Å². The summed E-state index contributed by atoms with van der Waals surface area (Å²) in [5, 5.41) is 3.24. The fraction of sp³-hybridized carbons (Fsp3) is 0.450. The lowest BCUT2D eigenvalue weighted by atomic mass is 10.3. The Hall–Kier alpha value is -2.81. The predicted molar refractivity (Wildman–Crippen MR) is 108 cm³/mol. The molecule has 0 unspecified atom stereocenters. The molecule has 156 valence electrons. The van der Waals surface area contributed by atoms with Gasteiger partial charge in [0.05, 0.1) is 0 Å². The van der Waals surface area contributed by atoms with Crippen LogP contribution in [0.4, 0.5) is 20.4 Å². The van der Waals surface area contributed by atoms with Crippen LogP contribution in [0.25, 0.3) is 0 Å². The fourth-order valence-corrected chi connectivity index (χ4v) is 3.29. The molecule has 9 heteroatoms. The van der Waals surface area contributed by atoms with Crippen LogP contribution < -0.4 is 15.1 Å². The Bertz CT molecular complexity index is 807. The van der Waals surface area contributed by atoms with E-state index in [1.807, 2.05) is 11.0 Å². The van der Waals surface area contributed by atoms with Crippen LogP contribution in [0.15, 0.2) is 36.4 Å². The van der Waals surface area contributed by atoms with E-state index >= 15 is 0 Å². The van der Waals surface area contributed by atoms with Crippen molar-refractivity contribution in [1.29, 1.82) is 0 Å². The lowest BCUT2D eigenvalue weighted by molar-refractivity contribution is -0.129. The Labute approximate surface area is 169 Å². The zero-order chi connectivity index (χ0) is 20.6. The first-order chi connectivity index (χ1) is 14.0. The van der Waals surface area contributed by atoms with E-state index in [1.165, 1.54) is 12.1 Å². The predicted octanol–water partition coefficient (Wildman–Crippen LogP) is 1.52. The molecule has 2 saturated heterocycles. The van der Waals surface area contributed by atoms with Gasteiger partial charge in [0, 0.05) is 59.3 Å². The summed E-state index contributed by atoms with van der Waals surface area (Å²) in [6.07, 6.45) is 0. The summed E-state index contributed by atoms with van der Waals surface area (Å²) in [5.74, 6) is 0.596. The Morgan fingerprint density at radius 2 is 1.31 bits per heavy atom. The number of amides is 1. The Morgan fingerprint density at radius 1 is 0.828 bits per heavy atom.